The molecule has 3 rings (SSSR count). The van der Waals surface area contributed by atoms with Crippen molar-refractivity contribution in [2.75, 3.05) is 39.3 Å². The van der Waals surface area contributed by atoms with Gasteiger partial charge < -0.3 is 15.1 Å². The number of hydrogen-bond donors (Lipinski definition) is 1. The number of carbonyl (C=O) groups is 2. The smallest absolute Gasteiger partial charge is 0.250 e. The zero-order chi connectivity index (χ0) is 17.9. The highest BCUT2D eigenvalue weighted by Gasteiger charge is 2.44. The van der Waals surface area contributed by atoms with Gasteiger partial charge in [0.2, 0.25) is 5.91 Å². The first-order valence-corrected chi connectivity index (χ1v) is 9.33. The lowest BCUT2D eigenvalue weighted by molar-refractivity contribution is -0.143. The molecule has 0 saturated carbocycles. The van der Waals surface area contributed by atoms with Gasteiger partial charge in [0.25, 0.3) is 5.91 Å². The number of amides is 2. The molecule has 0 bridgehead atoms. The molecule has 0 radical (unpaired) electrons. The average Bonchev–Trinajstić information content (AvgIpc) is 3.06. The first-order valence-electron chi connectivity index (χ1n) is 9.33. The molecule has 7 heteroatoms. The molecular formula is C18H29N5O2. The van der Waals surface area contributed by atoms with Crippen molar-refractivity contribution in [3.63, 3.8) is 0 Å². The zero-order valence-electron chi connectivity index (χ0n) is 15.3. The second-order valence-corrected chi connectivity index (χ2v) is 7.36. The molecule has 2 aliphatic heterocycles. The van der Waals surface area contributed by atoms with Gasteiger partial charge in [0, 0.05) is 44.5 Å². The summed E-state index contributed by atoms with van der Waals surface area (Å²) in [6, 6.07) is 1.88. The van der Waals surface area contributed by atoms with Crippen LogP contribution in [0.4, 0.5) is 0 Å². The van der Waals surface area contributed by atoms with Crippen molar-refractivity contribution < 1.29 is 9.59 Å². The predicted octanol–water partition coefficient (Wildman–Crippen LogP) is 0.679. The zero-order valence-corrected chi connectivity index (χ0v) is 15.3. The Morgan fingerprint density at radius 3 is 2.40 bits per heavy atom. The molecule has 1 aromatic heterocycles. The predicted molar refractivity (Wildman–Crippen MR) is 94.9 cm³/mol. The molecule has 138 valence electrons. The van der Waals surface area contributed by atoms with E-state index in [2.05, 4.69) is 10.4 Å². The van der Waals surface area contributed by atoms with Gasteiger partial charge in [0.15, 0.2) is 0 Å². The van der Waals surface area contributed by atoms with Gasteiger partial charge in [-0.1, -0.05) is 13.8 Å². The highest BCUT2D eigenvalue weighted by molar-refractivity contribution is 5.85. The van der Waals surface area contributed by atoms with Gasteiger partial charge in [-0.25, -0.2) is 0 Å². The van der Waals surface area contributed by atoms with Crippen LogP contribution >= 0.6 is 0 Å². The Hall–Kier alpha value is -1.89. The van der Waals surface area contributed by atoms with Crippen LogP contribution in [0, 0.1) is 5.92 Å². The fraction of sp³-hybridized carbons (Fsp3) is 0.722. The summed E-state index contributed by atoms with van der Waals surface area (Å²) in [4.78, 5) is 29.6. The molecule has 2 saturated heterocycles. The standard InChI is InChI=1S/C18H29N5O2/c1-15(2)16(24)21-10-4-11-22(14-13-21)17(25)18(5-8-19-9-6-18)23-12-3-7-20-23/h3,7,12,15,19H,4-6,8-11,13-14H2,1-2H3. The SMILES string of the molecule is CC(C)C(=O)N1CCCN(C(=O)C2(n3cccn3)CCNCC2)CC1. The lowest BCUT2D eigenvalue weighted by Gasteiger charge is -2.40. The van der Waals surface area contributed by atoms with Crippen LogP contribution < -0.4 is 5.32 Å². The molecule has 1 aromatic rings. The van der Waals surface area contributed by atoms with Crippen molar-refractivity contribution in [1.29, 1.82) is 0 Å². The first-order chi connectivity index (χ1) is 12.0. The maximum absolute atomic E-state index is 13.5. The highest BCUT2D eigenvalue weighted by atomic mass is 16.2. The Morgan fingerprint density at radius 1 is 1.08 bits per heavy atom. The summed E-state index contributed by atoms with van der Waals surface area (Å²) in [6.07, 6.45) is 5.97. The van der Waals surface area contributed by atoms with Crippen LogP contribution in [-0.2, 0) is 15.1 Å². The molecule has 0 spiro atoms. The number of nitrogens with zero attached hydrogens (tertiary/aromatic N) is 4. The fourth-order valence-corrected chi connectivity index (χ4v) is 3.90. The van der Waals surface area contributed by atoms with E-state index in [4.69, 9.17) is 0 Å². The Morgan fingerprint density at radius 2 is 1.76 bits per heavy atom. The molecule has 2 fully saturated rings. The summed E-state index contributed by atoms with van der Waals surface area (Å²) < 4.78 is 1.85. The van der Waals surface area contributed by atoms with Crippen molar-refractivity contribution in [3.8, 4) is 0 Å². The summed E-state index contributed by atoms with van der Waals surface area (Å²) in [5.74, 6) is 0.330. The lowest BCUT2D eigenvalue weighted by atomic mass is 9.86. The topological polar surface area (TPSA) is 70.5 Å². The molecule has 0 aliphatic carbocycles. The van der Waals surface area contributed by atoms with E-state index in [1.165, 1.54) is 0 Å². The quantitative estimate of drug-likeness (QED) is 0.873. The summed E-state index contributed by atoms with van der Waals surface area (Å²) in [5.41, 5.74) is -0.591. The van der Waals surface area contributed by atoms with Crippen molar-refractivity contribution >= 4 is 11.8 Å². The number of hydrogen-bond acceptors (Lipinski definition) is 4. The minimum absolute atomic E-state index is 0.00193. The van der Waals surface area contributed by atoms with Crippen molar-refractivity contribution in [3.05, 3.63) is 18.5 Å². The summed E-state index contributed by atoms with van der Waals surface area (Å²) >= 11 is 0. The Kier molecular flexibility index (Phi) is 5.42. The van der Waals surface area contributed by atoms with Gasteiger partial charge in [-0.2, -0.15) is 5.10 Å². The maximum atomic E-state index is 13.5. The molecule has 7 nitrogen and oxygen atoms in total. The van der Waals surface area contributed by atoms with Gasteiger partial charge in [-0.15, -0.1) is 0 Å². The highest BCUT2D eigenvalue weighted by Crippen LogP contribution is 2.30. The third kappa shape index (κ3) is 3.56. The van der Waals surface area contributed by atoms with E-state index in [1.807, 2.05) is 40.6 Å². The average molecular weight is 347 g/mol. The van der Waals surface area contributed by atoms with Crippen LogP contribution in [0.5, 0.6) is 0 Å². The van der Waals surface area contributed by atoms with E-state index in [-0.39, 0.29) is 17.7 Å². The minimum atomic E-state index is -0.591. The molecule has 2 amide bonds. The number of carbonyl (C=O) groups excluding carboxylic acids is 2. The monoisotopic (exact) mass is 347 g/mol. The fourth-order valence-electron chi connectivity index (χ4n) is 3.90. The number of rotatable bonds is 3. The van der Waals surface area contributed by atoms with Crippen molar-refractivity contribution in [2.24, 2.45) is 5.92 Å². The summed E-state index contributed by atoms with van der Waals surface area (Å²) in [7, 11) is 0. The van der Waals surface area contributed by atoms with Gasteiger partial charge in [-0.3, -0.25) is 14.3 Å². The third-order valence-electron chi connectivity index (χ3n) is 5.36. The molecule has 2 aliphatic rings. The Labute approximate surface area is 149 Å². The third-order valence-corrected chi connectivity index (χ3v) is 5.36. The van der Waals surface area contributed by atoms with Crippen LogP contribution in [0.3, 0.4) is 0 Å². The normalized spacial score (nSPS) is 21.2. The van der Waals surface area contributed by atoms with Crippen molar-refractivity contribution in [1.82, 2.24) is 24.9 Å². The van der Waals surface area contributed by atoms with Gasteiger partial charge in [0.05, 0.1) is 0 Å². The molecular weight excluding hydrogens is 318 g/mol. The maximum Gasteiger partial charge on any atom is 0.250 e. The van der Waals surface area contributed by atoms with Crippen molar-refractivity contribution in [2.45, 2.75) is 38.6 Å². The van der Waals surface area contributed by atoms with Gasteiger partial charge in [-0.05, 0) is 38.4 Å². The molecule has 0 unspecified atom stereocenters. The first kappa shape index (κ1) is 17.9. The van der Waals surface area contributed by atoms with Crippen LogP contribution in [0.15, 0.2) is 18.5 Å². The van der Waals surface area contributed by atoms with E-state index in [0.717, 1.165) is 38.9 Å². The number of aromatic nitrogens is 2. The van der Waals surface area contributed by atoms with E-state index in [9.17, 15) is 9.59 Å². The van der Waals surface area contributed by atoms with E-state index < -0.39 is 5.54 Å². The van der Waals surface area contributed by atoms with Crippen LogP contribution in [0.1, 0.15) is 33.1 Å². The Bertz CT molecular complexity index is 593. The van der Waals surface area contributed by atoms with Crippen LogP contribution in [0.25, 0.3) is 0 Å². The molecule has 25 heavy (non-hydrogen) atoms. The molecule has 3 heterocycles. The van der Waals surface area contributed by atoms with Crippen LogP contribution in [-0.4, -0.2) is 70.7 Å². The second kappa shape index (κ2) is 7.56. The number of piperidine rings is 1. The molecule has 0 atom stereocenters. The molecule has 0 aromatic carbocycles. The van der Waals surface area contributed by atoms with Crippen LogP contribution in [0.2, 0.25) is 0 Å². The lowest BCUT2D eigenvalue weighted by Crippen LogP contribution is -2.56. The largest absolute Gasteiger partial charge is 0.341 e. The van der Waals surface area contributed by atoms with E-state index in [0.29, 0.717) is 19.6 Å². The van der Waals surface area contributed by atoms with E-state index in [1.54, 1.807) is 6.20 Å². The minimum Gasteiger partial charge on any atom is -0.341 e. The Balaban J connectivity index is 1.76. The molecule has 1 N–H and O–H groups in total. The van der Waals surface area contributed by atoms with Gasteiger partial charge in [0.1, 0.15) is 5.54 Å². The summed E-state index contributed by atoms with van der Waals surface area (Å²) in [5, 5.41) is 7.74. The van der Waals surface area contributed by atoms with Gasteiger partial charge >= 0.3 is 0 Å². The van der Waals surface area contributed by atoms with E-state index >= 15 is 0 Å². The summed E-state index contributed by atoms with van der Waals surface area (Å²) in [6.45, 7) is 8.16. The number of nitrogens with one attached hydrogen (secondary N) is 1. The second-order valence-electron chi connectivity index (χ2n) is 7.36.